The molecule has 0 spiro atoms. The Labute approximate surface area is 83.3 Å². The number of fused-ring (bicyclic) bond motifs is 1. The number of aromatic amines is 1. The fraction of sp³-hybridized carbons (Fsp3) is 0.200. The number of aliphatic hydroxyl groups excluding tert-OH is 1. The van der Waals surface area contributed by atoms with Gasteiger partial charge in [-0.3, -0.25) is 0 Å². The van der Waals surface area contributed by atoms with Gasteiger partial charge in [0.2, 0.25) is 0 Å². The van der Waals surface area contributed by atoms with Crippen molar-refractivity contribution in [3.8, 4) is 0 Å². The van der Waals surface area contributed by atoms with Gasteiger partial charge in [0.25, 0.3) is 0 Å². The topological polar surface area (TPSA) is 36.0 Å². The van der Waals surface area contributed by atoms with Crippen molar-refractivity contribution in [3.05, 3.63) is 36.0 Å². The summed E-state index contributed by atoms with van der Waals surface area (Å²) in [5, 5.41) is 9.49. The summed E-state index contributed by atoms with van der Waals surface area (Å²) in [6.45, 7) is 0. The van der Waals surface area contributed by atoms with E-state index in [9.17, 15) is 13.2 Å². The number of aliphatic hydroxyl groups is 1. The van der Waals surface area contributed by atoms with Gasteiger partial charge in [-0.25, -0.2) is 0 Å². The van der Waals surface area contributed by atoms with Gasteiger partial charge in [0.1, 0.15) is 0 Å². The summed E-state index contributed by atoms with van der Waals surface area (Å²) < 4.78 is 36.8. The summed E-state index contributed by atoms with van der Waals surface area (Å²) in [6, 6.07) is 6.53. The van der Waals surface area contributed by atoms with Crippen molar-refractivity contribution in [2.45, 2.75) is 12.3 Å². The number of hydrogen-bond acceptors (Lipinski definition) is 1. The SMILES string of the molecule is O[C@@H](c1c[nH]c2ccccc12)C(F)(F)F. The van der Waals surface area contributed by atoms with E-state index in [1.54, 1.807) is 18.2 Å². The number of aromatic nitrogens is 1. The minimum Gasteiger partial charge on any atom is -0.379 e. The van der Waals surface area contributed by atoms with Crippen molar-refractivity contribution in [3.63, 3.8) is 0 Å². The van der Waals surface area contributed by atoms with Gasteiger partial charge in [0, 0.05) is 22.7 Å². The molecule has 2 nitrogen and oxygen atoms in total. The molecule has 0 saturated heterocycles. The second kappa shape index (κ2) is 3.27. The zero-order valence-corrected chi connectivity index (χ0v) is 7.55. The lowest BCUT2D eigenvalue weighted by Gasteiger charge is -2.13. The first-order valence-corrected chi connectivity index (χ1v) is 4.31. The molecule has 0 unspecified atom stereocenters. The van der Waals surface area contributed by atoms with Gasteiger partial charge in [-0.1, -0.05) is 18.2 Å². The molecule has 0 radical (unpaired) electrons. The number of benzene rings is 1. The predicted molar refractivity (Wildman–Crippen MR) is 49.3 cm³/mol. The first-order chi connectivity index (χ1) is 7.00. The Morgan fingerprint density at radius 2 is 1.87 bits per heavy atom. The van der Waals surface area contributed by atoms with Crippen LogP contribution in [0.4, 0.5) is 13.2 Å². The van der Waals surface area contributed by atoms with Crippen LogP contribution in [0.15, 0.2) is 30.5 Å². The fourth-order valence-corrected chi connectivity index (χ4v) is 1.50. The summed E-state index contributed by atoms with van der Waals surface area (Å²) >= 11 is 0. The van der Waals surface area contributed by atoms with E-state index in [4.69, 9.17) is 5.11 Å². The lowest BCUT2D eigenvalue weighted by Crippen LogP contribution is -2.19. The van der Waals surface area contributed by atoms with Crippen molar-refractivity contribution in [1.29, 1.82) is 0 Å². The second-order valence-electron chi connectivity index (χ2n) is 3.23. The Morgan fingerprint density at radius 1 is 1.20 bits per heavy atom. The number of hydrogen-bond donors (Lipinski definition) is 2. The molecule has 2 rings (SSSR count). The number of rotatable bonds is 1. The zero-order valence-electron chi connectivity index (χ0n) is 7.55. The second-order valence-corrected chi connectivity index (χ2v) is 3.23. The van der Waals surface area contributed by atoms with Crippen LogP contribution in [0.2, 0.25) is 0 Å². The van der Waals surface area contributed by atoms with Crippen molar-refractivity contribution in [2.24, 2.45) is 0 Å². The maximum atomic E-state index is 12.3. The van der Waals surface area contributed by atoms with E-state index in [2.05, 4.69) is 4.98 Å². The van der Waals surface area contributed by atoms with Gasteiger partial charge in [0.05, 0.1) is 0 Å². The zero-order chi connectivity index (χ0) is 11.1. The molecule has 0 aliphatic rings. The fourth-order valence-electron chi connectivity index (χ4n) is 1.50. The van der Waals surface area contributed by atoms with Crippen LogP contribution in [0.25, 0.3) is 10.9 Å². The van der Waals surface area contributed by atoms with Gasteiger partial charge in [-0.15, -0.1) is 0 Å². The highest BCUT2D eigenvalue weighted by atomic mass is 19.4. The highest BCUT2D eigenvalue weighted by Gasteiger charge is 2.40. The molecule has 5 heteroatoms. The molecule has 80 valence electrons. The lowest BCUT2D eigenvalue weighted by molar-refractivity contribution is -0.206. The summed E-state index contributed by atoms with van der Waals surface area (Å²) in [5.41, 5.74) is 0.439. The van der Waals surface area contributed by atoms with E-state index in [1.165, 1.54) is 12.3 Å². The Hall–Kier alpha value is -1.49. The average Bonchev–Trinajstić information content (AvgIpc) is 2.58. The van der Waals surface area contributed by atoms with E-state index in [1.807, 2.05) is 0 Å². The third-order valence-corrected chi connectivity index (χ3v) is 2.23. The number of H-pyrrole nitrogens is 1. The summed E-state index contributed by atoms with van der Waals surface area (Å²) in [6.07, 6.45) is -5.89. The highest BCUT2D eigenvalue weighted by molar-refractivity contribution is 5.83. The van der Waals surface area contributed by atoms with E-state index in [-0.39, 0.29) is 5.56 Å². The Balaban J connectivity index is 2.53. The molecule has 15 heavy (non-hydrogen) atoms. The molecular weight excluding hydrogens is 207 g/mol. The molecular formula is C10H8F3NO. The van der Waals surface area contributed by atoms with E-state index < -0.39 is 12.3 Å². The van der Waals surface area contributed by atoms with Gasteiger partial charge < -0.3 is 10.1 Å². The molecule has 0 aliphatic carbocycles. The number of alkyl halides is 3. The Bertz CT molecular complexity index is 475. The summed E-state index contributed by atoms with van der Waals surface area (Å²) in [4.78, 5) is 2.68. The first kappa shape index (κ1) is 10.0. The van der Waals surface area contributed by atoms with Crippen molar-refractivity contribution < 1.29 is 18.3 Å². The van der Waals surface area contributed by atoms with E-state index in [0.717, 1.165) is 0 Å². The molecule has 1 aromatic heterocycles. The monoisotopic (exact) mass is 215 g/mol. The molecule has 0 bridgehead atoms. The van der Waals surface area contributed by atoms with Crippen LogP contribution in [0.1, 0.15) is 11.7 Å². The standard InChI is InChI=1S/C10H8F3NO/c11-10(12,13)9(15)7-5-14-8-4-2-1-3-6(7)8/h1-5,9,14-15H/t9-/m0/s1. The van der Waals surface area contributed by atoms with Crippen LogP contribution in [0, 0.1) is 0 Å². The molecule has 1 heterocycles. The van der Waals surface area contributed by atoms with Crippen molar-refractivity contribution >= 4 is 10.9 Å². The molecule has 0 fully saturated rings. The quantitative estimate of drug-likeness (QED) is 0.753. The Morgan fingerprint density at radius 3 is 2.53 bits per heavy atom. The molecule has 1 atom stereocenters. The van der Waals surface area contributed by atoms with E-state index in [0.29, 0.717) is 10.9 Å². The highest BCUT2D eigenvalue weighted by Crippen LogP contribution is 2.35. The van der Waals surface area contributed by atoms with Crippen LogP contribution in [-0.4, -0.2) is 16.3 Å². The van der Waals surface area contributed by atoms with Crippen LogP contribution in [0.5, 0.6) is 0 Å². The number of halogens is 3. The van der Waals surface area contributed by atoms with Crippen molar-refractivity contribution in [1.82, 2.24) is 4.98 Å². The predicted octanol–water partition coefficient (Wildman–Crippen LogP) is 2.76. The summed E-state index contributed by atoms with van der Waals surface area (Å²) in [5.74, 6) is 0. The molecule has 0 amide bonds. The minimum atomic E-state index is -4.63. The smallest absolute Gasteiger partial charge is 0.379 e. The van der Waals surface area contributed by atoms with Gasteiger partial charge in [-0.2, -0.15) is 13.2 Å². The minimum absolute atomic E-state index is 0.141. The largest absolute Gasteiger partial charge is 0.418 e. The maximum absolute atomic E-state index is 12.3. The van der Waals surface area contributed by atoms with Gasteiger partial charge in [0.15, 0.2) is 6.10 Å². The molecule has 0 saturated carbocycles. The molecule has 2 N–H and O–H groups in total. The summed E-state index contributed by atoms with van der Waals surface area (Å²) in [7, 11) is 0. The van der Waals surface area contributed by atoms with Gasteiger partial charge >= 0.3 is 6.18 Å². The normalized spacial score (nSPS) is 14.4. The molecule has 0 aliphatic heterocycles. The van der Waals surface area contributed by atoms with Gasteiger partial charge in [-0.05, 0) is 6.07 Å². The first-order valence-electron chi connectivity index (χ1n) is 4.31. The Kier molecular flexibility index (Phi) is 2.19. The maximum Gasteiger partial charge on any atom is 0.418 e. The molecule has 1 aromatic carbocycles. The molecule has 2 aromatic rings. The third kappa shape index (κ3) is 1.70. The van der Waals surface area contributed by atoms with Crippen LogP contribution >= 0.6 is 0 Å². The van der Waals surface area contributed by atoms with Crippen LogP contribution in [0.3, 0.4) is 0 Å². The number of nitrogens with one attached hydrogen (secondary N) is 1. The van der Waals surface area contributed by atoms with Crippen LogP contribution < -0.4 is 0 Å². The average molecular weight is 215 g/mol. The third-order valence-electron chi connectivity index (χ3n) is 2.23. The van der Waals surface area contributed by atoms with Crippen LogP contribution in [-0.2, 0) is 0 Å². The lowest BCUT2D eigenvalue weighted by atomic mass is 10.1. The number of para-hydroxylation sites is 1. The van der Waals surface area contributed by atoms with E-state index >= 15 is 0 Å². The van der Waals surface area contributed by atoms with Crippen molar-refractivity contribution in [2.75, 3.05) is 0 Å².